The number of carbonyl (C=O) groups is 2. The van der Waals surface area contributed by atoms with Crippen molar-refractivity contribution in [3.63, 3.8) is 0 Å². The van der Waals surface area contributed by atoms with Gasteiger partial charge in [-0.3, -0.25) is 4.79 Å². The van der Waals surface area contributed by atoms with Crippen LogP contribution in [0.1, 0.15) is 47.0 Å². The predicted octanol–water partition coefficient (Wildman–Crippen LogP) is 1.37. The molecule has 0 aliphatic carbocycles. The number of carboxylic acid groups (broad SMARTS) is 1. The minimum Gasteiger partial charge on any atom is -0.480 e. The highest BCUT2D eigenvalue weighted by molar-refractivity contribution is 5.84. The molecule has 0 heterocycles. The van der Waals surface area contributed by atoms with Gasteiger partial charge in [-0.15, -0.1) is 0 Å². The van der Waals surface area contributed by atoms with Crippen LogP contribution in [0.4, 0.5) is 0 Å². The number of aliphatic carboxylic acids is 1. The van der Waals surface area contributed by atoms with E-state index in [2.05, 4.69) is 5.32 Å². The number of nitrogens with two attached hydrogens (primary N) is 1. The molecule has 0 spiro atoms. The molecule has 0 aromatic heterocycles. The Hall–Kier alpha value is -1.10. The number of carbonyl (C=O) groups excluding carboxylic acids is 1. The first-order chi connectivity index (χ1) is 8.25. The van der Waals surface area contributed by atoms with Gasteiger partial charge in [0.1, 0.15) is 6.04 Å². The maximum Gasteiger partial charge on any atom is 0.326 e. The molecule has 0 fully saturated rings. The molecule has 0 rings (SSSR count). The van der Waals surface area contributed by atoms with Gasteiger partial charge < -0.3 is 16.2 Å². The third-order valence-electron chi connectivity index (χ3n) is 2.97. The lowest BCUT2D eigenvalue weighted by atomic mass is 9.99. The fourth-order valence-electron chi connectivity index (χ4n) is 1.69. The van der Waals surface area contributed by atoms with Gasteiger partial charge in [0.05, 0.1) is 0 Å². The Balaban J connectivity index is 4.17. The van der Waals surface area contributed by atoms with Crippen LogP contribution in [-0.4, -0.2) is 29.1 Å². The summed E-state index contributed by atoms with van der Waals surface area (Å²) in [6.45, 7) is 7.30. The van der Waals surface area contributed by atoms with E-state index in [0.717, 1.165) is 19.3 Å². The van der Waals surface area contributed by atoms with Crippen molar-refractivity contribution < 1.29 is 14.7 Å². The first kappa shape index (κ1) is 16.9. The molecule has 0 aromatic carbocycles. The van der Waals surface area contributed by atoms with Gasteiger partial charge in [-0.1, -0.05) is 27.2 Å². The van der Waals surface area contributed by atoms with E-state index < -0.39 is 12.0 Å². The largest absolute Gasteiger partial charge is 0.480 e. The molecule has 18 heavy (non-hydrogen) atoms. The van der Waals surface area contributed by atoms with Crippen molar-refractivity contribution in [1.29, 1.82) is 0 Å². The fraction of sp³-hybridized carbons (Fsp3) is 0.846. The lowest BCUT2D eigenvalue weighted by molar-refractivity contribution is -0.143. The second-order valence-corrected chi connectivity index (χ2v) is 5.38. The van der Waals surface area contributed by atoms with Crippen molar-refractivity contribution in [2.45, 2.75) is 59.0 Å². The Bertz CT molecular complexity index is 277. The first-order valence-corrected chi connectivity index (χ1v) is 6.54. The van der Waals surface area contributed by atoms with E-state index in [4.69, 9.17) is 10.8 Å². The van der Waals surface area contributed by atoms with E-state index in [1.54, 1.807) is 13.8 Å². The molecule has 0 aromatic rings. The van der Waals surface area contributed by atoms with Crippen LogP contribution >= 0.6 is 0 Å². The number of carboxylic acids is 1. The molecule has 3 atom stereocenters. The van der Waals surface area contributed by atoms with Crippen LogP contribution in [0.3, 0.4) is 0 Å². The second-order valence-electron chi connectivity index (χ2n) is 5.38. The minimum atomic E-state index is -0.985. The summed E-state index contributed by atoms with van der Waals surface area (Å²) >= 11 is 0. The molecule has 0 bridgehead atoms. The van der Waals surface area contributed by atoms with Crippen molar-refractivity contribution in [2.24, 2.45) is 17.6 Å². The second kappa shape index (κ2) is 8.08. The zero-order chi connectivity index (χ0) is 14.3. The van der Waals surface area contributed by atoms with E-state index in [1.165, 1.54) is 0 Å². The Morgan fingerprint density at radius 2 is 1.72 bits per heavy atom. The Labute approximate surface area is 109 Å². The van der Waals surface area contributed by atoms with E-state index in [9.17, 15) is 9.59 Å². The quantitative estimate of drug-likeness (QED) is 0.613. The molecule has 0 saturated carbocycles. The van der Waals surface area contributed by atoms with Crippen LogP contribution < -0.4 is 11.1 Å². The third kappa shape index (κ3) is 6.59. The molecule has 1 amide bonds. The highest BCUT2D eigenvalue weighted by Crippen LogP contribution is 2.11. The molecule has 3 unspecified atom stereocenters. The number of hydrogen-bond acceptors (Lipinski definition) is 3. The van der Waals surface area contributed by atoms with E-state index in [-0.39, 0.29) is 23.8 Å². The van der Waals surface area contributed by atoms with Crippen LogP contribution in [0.15, 0.2) is 0 Å². The number of nitrogens with one attached hydrogen (secondary N) is 1. The van der Waals surface area contributed by atoms with Crippen molar-refractivity contribution in [3.05, 3.63) is 0 Å². The summed E-state index contributed by atoms with van der Waals surface area (Å²) in [4.78, 5) is 22.8. The van der Waals surface area contributed by atoms with Crippen molar-refractivity contribution in [1.82, 2.24) is 5.32 Å². The zero-order valence-electron chi connectivity index (χ0n) is 11.8. The van der Waals surface area contributed by atoms with Crippen molar-refractivity contribution >= 4 is 11.9 Å². The molecule has 0 saturated heterocycles. The van der Waals surface area contributed by atoms with Gasteiger partial charge in [-0.2, -0.15) is 0 Å². The molecule has 106 valence electrons. The lowest BCUT2D eigenvalue weighted by Crippen LogP contribution is -2.46. The number of amides is 1. The molecular weight excluding hydrogens is 232 g/mol. The van der Waals surface area contributed by atoms with Gasteiger partial charge in [0.2, 0.25) is 5.91 Å². The van der Waals surface area contributed by atoms with Gasteiger partial charge in [0.15, 0.2) is 0 Å². The summed E-state index contributed by atoms with van der Waals surface area (Å²) in [5, 5.41) is 11.6. The van der Waals surface area contributed by atoms with Gasteiger partial charge in [0, 0.05) is 12.0 Å². The first-order valence-electron chi connectivity index (χ1n) is 6.54. The van der Waals surface area contributed by atoms with Gasteiger partial charge in [-0.25, -0.2) is 4.79 Å². The molecule has 5 nitrogen and oxygen atoms in total. The maximum atomic E-state index is 11.8. The zero-order valence-corrected chi connectivity index (χ0v) is 11.8. The number of rotatable bonds is 8. The maximum absolute atomic E-state index is 11.8. The molecule has 5 heteroatoms. The van der Waals surface area contributed by atoms with Crippen LogP contribution in [0.5, 0.6) is 0 Å². The molecule has 4 N–H and O–H groups in total. The summed E-state index contributed by atoms with van der Waals surface area (Å²) in [6, 6.07) is -0.670. The highest BCUT2D eigenvalue weighted by Gasteiger charge is 2.25. The molecule has 0 radical (unpaired) electrons. The topological polar surface area (TPSA) is 92.4 Å². The summed E-state index contributed by atoms with van der Waals surface area (Å²) in [7, 11) is 0. The van der Waals surface area contributed by atoms with Crippen LogP contribution in [0.25, 0.3) is 0 Å². The third-order valence-corrected chi connectivity index (χ3v) is 2.97. The SMILES string of the molecule is CC(N)CCCC(C)C(=O)NC(C(=O)O)C(C)C. The standard InChI is InChI=1S/C13H26N2O3/c1-8(2)11(13(17)18)15-12(16)9(3)6-5-7-10(4)14/h8-11H,5-7,14H2,1-4H3,(H,15,16)(H,17,18). The van der Waals surface area contributed by atoms with E-state index >= 15 is 0 Å². The van der Waals surface area contributed by atoms with E-state index in [1.807, 2.05) is 13.8 Å². The Kier molecular flexibility index (Phi) is 7.59. The molecular formula is C13H26N2O3. The van der Waals surface area contributed by atoms with Crippen LogP contribution in [0.2, 0.25) is 0 Å². The van der Waals surface area contributed by atoms with Gasteiger partial charge in [0.25, 0.3) is 0 Å². The lowest BCUT2D eigenvalue weighted by Gasteiger charge is -2.20. The monoisotopic (exact) mass is 258 g/mol. The normalized spacial score (nSPS) is 16.1. The minimum absolute atomic E-state index is 0.122. The molecule has 0 aliphatic heterocycles. The van der Waals surface area contributed by atoms with Crippen molar-refractivity contribution in [3.8, 4) is 0 Å². The average Bonchev–Trinajstić information content (AvgIpc) is 2.23. The van der Waals surface area contributed by atoms with E-state index in [0.29, 0.717) is 0 Å². The van der Waals surface area contributed by atoms with Crippen LogP contribution in [-0.2, 0) is 9.59 Å². The predicted molar refractivity (Wildman–Crippen MR) is 71.1 cm³/mol. The van der Waals surface area contributed by atoms with Crippen LogP contribution in [0, 0.1) is 11.8 Å². The summed E-state index contributed by atoms with van der Waals surface area (Å²) in [5.74, 6) is -1.48. The molecule has 0 aliphatic rings. The summed E-state index contributed by atoms with van der Waals surface area (Å²) in [5.41, 5.74) is 5.64. The Morgan fingerprint density at radius 3 is 2.11 bits per heavy atom. The average molecular weight is 258 g/mol. The summed E-state index contributed by atoms with van der Waals surface area (Å²) < 4.78 is 0. The van der Waals surface area contributed by atoms with Gasteiger partial charge in [-0.05, 0) is 25.7 Å². The Morgan fingerprint density at radius 1 is 1.17 bits per heavy atom. The van der Waals surface area contributed by atoms with Gasteiger partial charge >= 0.3 is 5.97 Å². The summed E-state index contributed by atoms with van der Waals surface area (Å²) in [6.07, 6.45) is 2.49. The highest BCUT2D eigenvalue weighted by atomic mass is 16.4. The fourth-order valence-corrected chi connectivity index (χ4v) is 1.69. The number of hydrogen-bond donors (Lipinski definition) is 3. The van der Waals surface area contributed by atoms with Crippen molar-refractivity contribution in [2.75, 3.05) is 0 Å². The smallest absolute Gasteiger partial charge is 0.326 e.